The largest absolute Gasteiger partial charge is 0.478 e. The minimum absolute atomic E-state index is 0.00983. The Morgan fingerprint density at radius 3 is 2.48 bits per heavy atom. The molecule has 7 heteroatoms. The molecule has 2 heterocycles. The molecule has 0 amide bonds. The van der Waals surface area contributed by atoms with Crippen molar-refractivity contribution >= 4 is 29.2 Å². The summed E-state index contributed by atoms with van der Waals surface area (Å²) in [6.07, 6.45) is 2.73. The summed E-state index contributed by atoms with van der Waals surface area (Å²) in [5.41, 5.74) is 2.74. The van der Waals surface area contributed by atoms with E-state index in [-0.39, 0.29) is 11.0 Å². The first-order valence-electron chi connectivity index (χ1n) is 8.22. The lowest BCUT2D eigenvalue weighted by molar-refractivity contribution is 0.0696. The Bertz CT molecular complexity index is 1110. The SMILES string of the molecule is CCn1c(C)cc(=O)c(-c2cncc(C(=O)O)c2)c1-c1ccc(Cl)c(Cl)c1. The molecule has 5 nitrogen and oxygen atoms in total. The molecule has 1 N–H and O–H groups in total. The smallest absolute Gasteiger partial charge is 0.337 e. The molecule has 0 aliphatic carbocycles. The summed E-state index contributed by atoms with van der Waals surface area (Å²) in [6.45, 7) is 4.43. The first-order valence-corrected chi connectivity index (χ1v) is 8.97. The predicted molar refractivity (Wildman–Crippen MR) is 107 cm³/mol. The van der Waals surface area contributed by atoms with E-state index in [1.165, 1.54) is 24.5 Å². The van der Waals surface area contributed by atoms with E-state index in [2.05, 4.69) is 4.98 Å². The zero-order valence-corrected chi connectivity index (χ0v) is 16.2. The van der Waals surface area contributed by atoms with Gasteiger partial charge in [0.1, 0.15) is 0 Å². The number of hydrogen-bond acceptors (Lipinski definition) is 3. The standard InChI is InChI=1S/C20H16Cl2N2O3/c1-3-24-11(2)6-17(25)18(13-7-14(20(26)27)10-23-9-13)19(24)12-4-5-15(21)16(22)8-12/h4-10H,3H2,1-2H3,(H,26,27). The summed E-state index contributed by atoms with van der Waals surface area (Å²) in [6, 6.07) is 8.13. The summed E-state index contributed by atoms with van der Waals surface area (Å²) in [5.74, 6) is -1.11. The monoisotopic (exact) mass is 402 g/mol. The van der Waals surface area contributed by atoms with Crippen molar-refractivity contribution in [3.05, 3.63) is 74.3 Å². The van der Waals surface area contributed by atoms with Crippen LogP contribution in [0, 0.1) is 6.92 Å². The topological polar surface area (TPSA) is 72.2 Å². The Balaban J connectivity index is 2.40. The fourth-order valence-electron chi connectivity index (χ4n) is 3.09. The molecular weight excluding hydrogens is 387 g/mol. The third-order valence-electron chi connectivity index (χ3n) is 4.30. The van der Waals surface area contributed by atoms with Crippen LogP contribution in [-0.2, 0) is 6.54 Å². The molecule has 2 aromatic heterocycles. The van der Waals surface area contributed by atoms with Crippen molar-refractivity contribution in [3.63, 3.8) is 0 Å². The molecule has 0 radical (unpaired) electrons. The quantitative estimate of drug-likeness (QED) is 0.672. The number of aromatic carboxylic acids is 1. The van der Waals surface area contributed by atoms with E-state index in [0.29, 0.717) is 39.0 Å². The van der Waals surface area contributed by atoms with Crippen molar-refractivity contribution in [2.45, 2.75) is 20.4 Å². The molecule has 0 unspecified atom stereocenters. The second kappa shape index (κ2) is 7.55. The van der Waals surface area contributed by atoms with Crippen LogP contribution in [0.15, 0.2) is 47.5 Å². The van der Waals surface area contributed by atoms with Crippen molar-refractivity contribution in [1.29, 1.82) is 0 Å². The molecule has 0 spiro atoms. The van der Waals surface area contributed by atoms with Crippen molar-refractivity contribution in [3.8, 4) is 22.4 Å². The molecule has 0 saturated carbocycles. The van der Waals surface area contributed by atoms with E-state index < -0.39 is 5.97 Å². The first kappa shape index (κ1) is 19.1. The van der Waals surface area contributed by atoms with Crippen molar-refractivity contribution < 1.29 is 9.90 Å². The van der Waals surface area contributed by atoms with Crippen LogP contribution in [0.2, 0.25) is 10.0 Å². The molecule has 0 fully saturated rings. The fraction of sp³-hybridized carbons (Fsp3) is 0.150. The van der Waals surface area contributed by atoms with Gasteiger partial charge in [0.15, 0.2) is 5.43 Å². The predicted octanol–water partition coefficient (Wildman–Crippen LogP) is 4.91. The number of carboxylic acid groups (broad SMARTS) is 1. The molecule has 27 heavy (non-hydrogen) atoms. The van der Waals surface area contributed by atoms with E-state index in [0.717, 1.165) is 5.69 Å². The Kier molecular flexibility index (Phi) is 5.35. The number of rotatable bonds is 4. The van der Waals surface area contributed by atoms with Crippen LogP contribution in [0.3, 0.4) is 0 Å². The van der Waals surface area contributed by atoms with Gasteiger partial charge in [0, 0.05) is 41.8 Å². The lowest BCUT2D eigenvalue weighted by Gasteiger charge is -2.20. The number of carbonyl (C=O) groups is 1. The Morgan fingerprint density at radius 2 is 1.85 bits per heavy atom. The second-order valence-corrected chi connectivity index (χ2v) is 6.83. The van der Waals surface area contributed by atoms with Gasteiger partial charge in [-0.25, -0.2) is 4.79 Å². The maximum Gasteiger partial charge on any atom is 0.337 e. The zero-order chi connectivity index (χ0) is 19.7. The number of aryl methyl sites for hydroxylation is 1. The molecule has 0 saturated heterocycles. The average molecular weight is 403 g/mol. The Labute approximate surface area is 165 Å². The first-order chi connectivity index (χ1) is 12.8. The third-order valence-corrected chi connectivity index (χ3v) is 5.04. The summed E-state index contributed by atoms with van der Waals surface area (Å²) in [4.78, 5) is 28.2. The number of halogens is 2. The van der Waals surface area contributed by atoms with E-state index >= 15 is 0 Å². The molecular formula is C20H16Cl2N2O3. The van der Waals surface area contributed by atoms with Gasteiger partial charge in [0.05, 0.1) is 26.9 Å². The number of nitrogens with zero attached hydrogens (tertiary/aromatic N) is 2. The van der Waals surface area contributed by atoms with Gasteiger partial charge < -0.3 is 9.67 Å². The number of aromatic nitrogens is 2. The van der Waals surface area contributed by atoms with E-state index in [1.54, 1.807) is 18.2 Å². The van der Waals surface area contributed by atoms with Crippen LogP contribution in [0.5, 0.6) is 0 Å². The minimum atomic E-state index is -1.11. The number of hydrogen-bond donors (Lipinski definition) is 1. The lowest BCUT2D eigenvalue weighted by Crippen LogP contribution is -2.16. The van der Waals surface area contributed by atoms with Gasteiger partial charge in [-0.3, -0.25) is 9.78 Å². The van der Waals surface area contributed by atoms with Crippen LogP contribution in [0.1, 0.15) is 23.0 Å². The number of carboxylic acids is 1. The highest BCUT2D eigenvalue weighted by Gasteiger charge is 2.19. The fourth-order valence-corrected chi connectivity index (χ4v) is 3.39. The van der Waals surface area contributed by atoms with Crippen LogP contribution in [0.4, 0.5) is 0 Å². The van der Waals surface area contributed by atoms with Gasteiger partial charge in [0.25, 0.3) is 0 Å². The maximum absolute atomic E-state index is 12.9. The summed E-state index contributed by atoms with van der Waals surface area (Å²) in [5, 5.41) is 10.0. The minimum Gasteiger partial charge on any atom is -0.478 e. The molecule has 3 aromatic rings. The summed E-state index contributed by atoms with van der Waals surface area (Å²) in [7, 11) is 0. The molecule has 0 aliphatic rings. The Hall–Kier alpha value is -2.63. The number of pyridine rings is 2. The molecule has 138 valence electrons. The molecule has 1 aromatic carbocycles. The van der Waals surface area contributed by atoms with Crippen molar-refractivity contribution in [1.82, 2.24) is 9.55 Å². The highest BCUT2D eigenvalue weighted by Crippen LogP contribution is 2.34. The van der Waals surface area contributed by atoms with Crippen LogP contribution >= 0.6 is 23.2 Å². The molecule has 3 rings (SSSR count). The van der Waals surface area contributed by atoms with Gasteiger partial charge in [-0.1, -0.05) is 29.3 Å². The van der Waals surface area contributed by atoms with Gasteiger partial charge in [-0.05, 0) is 32.0 Å². The summed E-state index contributed by atoms with van der Waals surface area (Å²) >= 11 is 12.2. The molecule has 0 aliphatic heterocycles. The summed E-state index contributed by atoms with van der Waals surface area (Å²) < 4.78 is 1.98. The Morgan fingerprint density at radius 1 is 1.11 bits per heavy atom. The molecule has 0 bridgehead atoms. The van der Waals surface area contributed by atoms with Gasteiger partial charge in [0.2, 0.25) is 0 Å². The highest BCUT2D eigenvalue weighted by atomic mass is 35.5. The van der Waals surface area contributed by atoms with E-state index in [4.69, 9.17) is 23.2 Å². The third kappa shape index (κ3) is 3.61. The number of benzene rings is 1. The lowest BCUT2D eigenvalue weighted by atomic mass is 9.97. The van der Waals surface area contributed by atoms with E-state index in [9.17, 15) is 14.7 Å². The van der Waals surface area contributed by atoms with E-state index in [1.807, 2.05) is 18.4 Å². The van der Waals surface area contributed by atoms with Crippen LogP contribution in [0.25, 0.3) is 22.4 Å². The molecule has 0 atom stereocenters. The van der Waals surface area contributed by atoms with Crippen LogP contribution in [-0.4, -0.2) is 20.6 Å². The zero-order valence-electron chi connectivity index (χ0n) is 14.7. The second-order valence-electron chi connectivity index (χ2n) is 6.01. The highest BCUT2D eigenvalue weighted by molar-refractivity contribution is 6.42. The van der Waals surface area contributed by atoms with Crippen molar-refractivity contribution in [2.24, 2.45) is 0 Å². The maximum atomic E-state index is 12.9. The normalized spacial score (nSPS) is 10.8. The van der Waals surface area contributed by atoms with Gasteiger partial charge in [-0.2, -0.15) is 0 Å². The van der Waals surface area contributed by atoms with Crippen molar-refractivity contribution in [2.75, 3.05) is 0 Å². The van der Waals surface area contributed by atoms with Crippen LogP contribution < -0.4 is 5.43 Å². The van der Waals surface area contributed by atoms with Gasteiger partial charge >= 0.3 is 5.97 Å². The average Bonchev–Trinajstić information content (AvgIpc) is 2.63. The van der Waals surface area contributed by atoms with Gasteiger partial charge in [-0.15, -0.1) is 0 Å².